The lowest BCUT2D eigenvalue weighted by Gasteiger charge is -2.18. The molecule has 1 radical (unpaired) electrons. The number of hydrogen-bond donors (Lipinski definition) is 0. The molecule has 1 unspecified atom stereocenters. The molecule has 0 amide bonds. The Labute approximate surface area is 103 Å². The molecule has 0 saturated heterocycles. The molecule has 0 aliphatic carbocycles. The van der Waals surface area contributed by atoms with Crippen molar-refractivity contribution in [2.24, 2.45) is 9.98 Å². The fourth-order valence-electron chi connectivity index (χ4n) is 1.61. The van der Waals surface area contributed by atoms with Gasteiger partial charge in [0, 0.05) is 5.75 Å². The van der Waals surface area contributed by atoms with E-state index in [0.29, 0.717) is 0 Å². The smallest absolute Gasteiger partial charge is 0.128 e. The molecular formula is C12H9N2S2. The number of rotatable bonds is 1. The van der Waals surface area contributed by atoms with Gasteiger partial charge in [0.25, 0.3) is 0 Å². The van der Waals surface area contributed by atoms with Crippen LogP contribution in [0.3, 0.4) is 0 Å². The number of aliphatic imine (C=N–C) groups is 2. The number of para-hydroxylation sites is 1. The fourth-order valence-corrected chi connectivity index (χ4v) is 3.08. The van der Waals surface area contributed by atoms with Crippen LogP contribution in [0.4, 0.5) is 5.69 Å². The maximum atomic E-state index is 4.65. The van der Waals surface area contributed by atoms with Gasteiger partial charge in [-0.2, -0.15) is 0 Å². The molecule has 0 fully saturated rings. The summed E-state index contributed by atoms with van der Waals surface area (Å²) in [7, 11) is 0. The number of hydrogen-bond acceptors (Lipinski definition) is 4. The van der Waals surface area contributed by atoms with E-state index < -0.39 is 0 Å². The standard InChI is InChI=1S/C12H9N2S2/c1-2-4-10-9(3-1)7-16-12(14-10)11-5-6-15-8-13-11/h1-6,11H,7H2. The lowest BCUT2D eigenvalue weighted by atomic mass is 10.2. The van der Waals surface area contributed by atoms with Gasteiger partial charge in [-0.1, -0.05) is 30.0 Å². The first-order valence-electron chi connectivity index (χ1n) is 5.00. The minimum absolute atomic E-state index is 0.0691. The van der Waals surface area contributed by atoms with Crippen LogP contribution in [0.1, 0.15) is 5.56 Å². The van der Waals surface area contributed by atoms with Crippen molar-refractivity contribution in [2.75, 3.05) is 0 Å². The third kappa shape index (κ3) is 1.95. The minimum Gasteiger partial charge on any atom is -0.261 e. The second-order valence-electron chi connectivity index (χ2n) is 3.48. The molecule has 0 bridgehead atoms. The highest BCUT2D eigenvalue weighted by Crippen LogP contribution is 2.33. The third-order valence-corrected chi connectivity index (χ3v) is 4.01. The summed E-state index contributed by atoms with van der Waals surface area (Å²) in [4.78, 5) is 8.95. The predicted molar refractivity (Wildman–Crippen MR) is 72.8 cm³/mol. The Morgan fingerprint density at radius 2 is 2.25 bits per heavy atom. The van der Waals surface area contributed by atoms with Crippen LogP contribution in [0, 0.1) is 0 Å². The van der Waals surface area contributed by atoms with Gasteiger partial charge in [0.1, 0.15) is 16.6 Å². The molecule has 0 aromatic heterocycles. The van der Waals surface area contributed by atoms with E-state index >= 15 is 0 Å². The number of benzene rings is 1. The quantitative estimate of drug-likeness (QED) is 0.756. The second kappa shape index (κ2) is 4.47. The third-order valence-electron chi connectivity index (χ3n) is 2.42. The average Bonchev–Trinajstić information content (AvgIpc) is 2.39. The van der Waals surface area contributed by atoms with Gasteiger partial charge >= 0.3 is 0 Å². The van der Waals surface area contributed by atoms with Crippen LogP contribution >= 0.6 is 23.5 Å². The largest absolute Gasteiger partial charge is 0.261 e. The van der Waals surface area contributed by atoms with Gasteiger partial charge < -0.3 is 0 Å². The van der Waals surface area contributed by atoms with Crippen molar-refractivity contribution >= 4 is 39.8 Å². The molecule has 1 aromatic rings. The first-order valence-corrected chi connectivity index (χ1v) is 6.86. The van der Waals surface area contributed by atoms with E-state index in [1.165, 1.54) is 17.3 Å². The SMILES string of the molecule is [C]1=NC(C2=Nc3ccccc3CS2)C=CS1. The molecule has 79 valence electrons. The Morgan fingerprint density at radius 3 is 3.12 bits per heavy atom. The molecule has 2 aliphatic heterocycles. The molecule has 0 spiro atoms. The molecule has 2 heterocycles. The maximum Gasteiger partial charge on any atom is 0.128 e. The van der Waals surface area contributed by atoms with Gasteiger partial charge in [-0.25, -0.2) is 4.99 Å². The normalized spacial score (nSPS) is 22.8. The summed E-state index contributed by atoms with van der Waals surface area (Å²) in [5.74, 6) is 0.988. The fraction of sp³-hybridized carbons (Fsp3) is 0.167. The van der Waals surface area contributed by atoms with E-state index in [9.17, 15) is 0 Å². The number of nitrogens with zero attached hydrogens (tertiary/aromatic N) is 2. The van der Waals surface area contributed by atoms with Crippen molar-refractivity contribution in [3.8, 4) is 0 Å². The Hall–Kier alpha value is -1.000. The molecule has 16 heavy (non-hydrogen) atoms. The molecule has 0 N–H and O–H groups in total. The van der Waals surface area contributed by atoms with E-state index in [2.05, 4.69) is 39.8 Å². The van der Waals surface area contributed by atoms with Crippen molar-refractivity contribution < 1.29 is 0 Å². The number of thioether (sulfide) groups is 2. The zero-order valence-corrected chi connectivity index (χ0v) is 10.1. The maximum absolute atomic E-state index is 4.65. The van der Waals surface area contributed by atoms with Crippen molar-refractivity contribution in [3.63, 3.8) is 0 Å². The van der Waals surface area contributed by atoms with Gasteiger partial charge in [0.05, 0.1) is 5.69 Å². The minimum atomic E-state index is 0.0691. The lowest BCUT2D eigenvalue weighted by Crippen LogP contribution is -2.16. The molecule has 4 heteroatoms. The summed E-state index contributed by atoms with van der Waals surface area (Å²) in [5.41, 5.74) is 5.30. The first-order chi connectivity index (χ1) is 7.93. The van der Waals surface area contributed by atoms with E-state index in [-0.39, 0.29) is 6.04 Å². The van der Waals surface area contributed by atoms with Crippen LogP contribution in [-0.4, -0.2) is 16.6 Å². The zero-order chi connectivity index (χ0) is 10.8. The Balaban J connectivity index is 1.94. The molecule has 1 aromatic carbocycles. The van der Waals surface area contributed by atoms with Crippen molar-refractivity contribution in [1.29, 1.82) is 0 Å². The van der Waals surface area contributed by atoms with Crippen LogP contribution in [0.15, 0.2) is 45.7 Å². The van der Waals surface area contributed by atoms with Crippen molar-refractivity contribution in [3.05, 3.63) is 41.3 Å². The lowest BCUT2D eigenvalue weighted by molar-refractivity contribution is 1.10. The average molecular weight is 245 g/mol. The Bertz CT molecular complexity index is 480. The van der Waals surface area contributed by atoms with Gasteiger partial charge in [0.2, 0.25) is 0 Å². The molecular weight excluding hydrogens is 236 g/mol. The number of fused-ring (bicyclic) bond motifs is 1. The first kappa shape index (κ1) is 10.2. The highest BCUT2D eigenvalue weighted by Gasteiger charge is 2.19. The topological polar surface area (TPSA) is 24.7 Å². The summed E-state index contributed by atoms with van der Waals surface area (Å²) in [6.07, 6.45) is 2.07. The molecule has 2 aliphatic rings. The van der Waals surface area contributed by atoms with Crippen LogP contribution in [0.2, 0.25) is 0 Å². The summed E-state index contributed by atoms with van der Waals surface area (Å²) in [5, 5.41) is 3.09. The van der Waals surface area contributed by atoms with Gasteiger partial charge in [0.15, 0.2) is 0 Å². The highest BCUT2D eigenvalue weighted by atomic mass is 32.2. The monoisotopic (exact) mass is 245 g/mol. The van der Waals surface area contributed by atoms with E-state index in [1.54, 1.807) is 11.8 Å². The summed E-state index contributed by atoms with van der Waals surface area (Å²) in [6, 6.07) is 8.34. The predicted octanol–water partition coefficient (Wildman–Crippen LogP) is 3.50. The van der Waals surface area contributed by atoms with Crippen LogP contribution in [0.25, 0.3) is 0 Å². The van der Waals surface area contributed by atoms with E-state index in [1.807, 2.05) is 11.5 Å². The summed E-state index contributed by atoms with van der Waals surface area (Å²) in [6.45, 7) is 0. The molecule has 3 rings (SSSR count). The summed E-state index contributed by atoms with van der Waals surface area (Å²) >= 11 is 3.25. The molecule has 0 saturated carbocycles. The zero-order valence-electron chi connectivity index (χ0n) is 8.46. The van der Waals surface area contributed by atoms with Gasteiger partial charge in [-0.05, 0) is 23.1 Å². The van der Waals surface area contributed by atoms with Gasteiger partial charge in [-0.3, -0.25) is 4.99 Å². The Kier molecular flexibility index (Phi) is 2.84. The Morgan fingerprint density at radius 1 is 1.31 bits per heavy atom. The van der Waals surface area contributed by atoms with Crippen LogP contribution in [0.5, 0.6) is 0 Å². The molecule has 1 atom stereocenters. The summed E-state index contributed by atoms with van der Waals surface area (Å²) < 4.78 is 0. The highest BCUT2D eigenvalue weighted by molar-refractivity contribution is 8.15. The second-order valence-corrected chi connectivity index (χ2v) is 5.17. The van der Waals surface area contributed by atoms with E-state index in [0.717, 1.165) is 16.5 Å². The van der Waals surface area contributed by atoms with Crippen LogP contribution < -0.4 is 0 Å². The van der Waals surface area contributed by atoms with Crippen LogP contribution in [-0.2, 0) is 5.75 Å². The molecule has 2 nitrogen and oxygen atoms in total. The van der Waals surface area contributed by atoms with E-state index in [4.69, 9.17) is 0 Å². The van der Waals surface area contributed by atoms with Crippen molar-refractivity contribution in [1.82, 2.24) is 0 Å². The van der Waals surface area contributed by atoms with Crippen molar-refractivity contribution in [2.45, 2.75) is 11.8 Å². The van der Waals surface area contributed by atoms with Gasteiger partial charge in [-0.15, -0.1) is 11.8 Å².